The fraction of sp³-hybridized carbons (Fsp3) is 0.118. The van der Waals surface area contributed by atoms with Crippen LogP contribution in [0.5, 0.6) is 0 Å². The number of pyridine rings is 1. The lowest BCUT2D eigenvalue weighted by molar-refractivity contribution is 0.628. The molecule has 0 aliphatic carbocycles. The van der Waals surface area contributed by atoms with Crippen molar-refractivity contribution in [3.05, 3.63) is 66.1 Å². The standard InChI is InChI=1S/C17H16FN3/c18-14-6-7-16(15(19)11-14)20-10-8-13-4-1-3-12-5-2-9-21-17(12)13/h1-7,9,11,20H,8,10,19H2. The van der Waals surface area contributed by atoms with Crippen LogP contribution in [0, 0.1) is 5.82 Å². The molecule has 0 aliphatic rings. The van der Waals surface area contributed by atoms with Crippen molar-refractivity contribution in [2.75, 3.05) is 17.6 Å². The van der Waals surface area contributed by atoms with Crippen LogP contribution >= 0.6 is 0 Å². The molecule has 0 bridgehead atoms. The molecule has 0 radical (unpaired) electrons. The van der Waals surface area contributed by atoms with Gasteiger partial charge in [-0.3, -0.25) is 4.98 Å². The van der Waals surface area contributed by atoms with Crippen LogP contribution in [0.3, 0.4) is 0 Å². The summed E-state index contributed by atoms with van der Waals surface area (Å²) < 4.78 is 13.0. The van der Waals surface area contributed by atoms with Gasteiger partial charge in [-0.15, -0.1) is 0 Å². The molecule has 21 heavy (non-hydrogen) atoms. The summed E-state index contributed by atoms with van der Waals surface area (Å²) in [5, 5.41) is 4.37. The lowest BCUT2D eigenvalue weighted by Gasteiger charge is -2.10. The maximum absolute atomic E-state index is 13.0. The van der Waals surface area contributed by atoms with E-state index in [1.165, 1.54) is 17.7 Å². The number of halogens is 1. The van der Waals surface area contributed by atoms with Gasteiger partial charge in [0.25, 0.3) is 0 Å². The summed E-state index contributed by atoms with van der Waals surface area (Å²) in [6.07, 6.45) is 2.63. The zero-order chi connectivity index (χ0) is 14.7. The van der Waals surface area contributed by atoms with Crippen molar-refractivity contribution >= 4 is 22.3 Å². The van der Waals surface area contributed by atoms with Crippen LogP contribution in [-0.2, 0) is 6.42 Å². The Morgan fingerprint density at radius 3 is 2.81 bits per heavy atom. The van der Waals surface area contributed by atoms with E-state index in [1.54, 1.807) is 12.3 Å². The van der Waals surface area contributed by atoms with Crippen LogP contribution in [-0.4, -0.2) is 11.5 Å². The van der Waals surface area contributed by atoms with Gasteiger partial charge < -0.3 is 11.1 Å². The molecule has 1 aromatic heterocycles. The monoisotopic (exact) mass is 281 g/mol. The smallest absolute Gasteiger partial charge is 0.125 e. The third-order valence-corrected chi connectivity index (χ3v) is 3.44. The Hall–Kier alpha value is -2.62. The Kier molecular flexibility index (Phi) is 3.69. The molecule has 0 atom stereocenters. The van der Waals surface area contributed by atoms with Crippen LogP contribution in [0.25, 0.3) is 10.9 Å². The number of aromatic nitrogens is 1. The summed E-state index contributed by atoms with van der Waals surface area (Å²) in [6, 6.07) is 14.5. The van der Waals surface area contributed by atoms with Crippen LogP contribution in [0.15, 0.2) is 54.7 Å². The lowest BCUT2D eigenvalue weighted by atomic mass is 10.1. The molecule has 1 heterocycles. The minimum atomic E-state index is -0.323. The first-order valence-electron chi connectivity index (χ1n) is 6.85. The van der Waals surface area contributed by atoms with Gasteiger partial charge in [0.15, 0.2) is 0 Å². The largest absolute Gasteiger partial charge is 0.397 e. The van der Waals surface area contributed by atoms with E-state index in [1.807, 2.05) is 12.1 Å². The second-order valence-electron chi connectivity index (χ2n) is 4.90. The number of nitrogens with zero attached hydrogens (tertiary/aromatic N) is 1. The molecule has 0 unspecified atom stereocenters. The van der Waals surface area contributed by atoms with Crippen molar-refractivity contribution in [2.24, 2.45) is 0 Å². The Balaban J connectivity index is 1.72. The molecule has 0 fully saturated rings. The molecule has 0 saturated carbocycles. The van der Waals surface area contributed by atoms with Crippen LogP contribution in [0.4, 0.5) is 15.8 Å². The van der Waals surface area contributed by atoms with Gasteiger partial charge in [-0.25, -0.2) is 4.39 Å². The SMILES string of the molecule is Nc1cc(F)ccc1NCCc1cccc2cccnc12. The number of anilines is 2. The van der Waals surface area contributed by atoms with Crippen LogP contribution in [0.2, 0.25) is 0 Å². The molecule has 0 spiro atoms. The van der Waals surface area contributed by atoms with Crippen molar-refractivity contribution in [1.29, 1.82) is 0 Å². The minimum absolute atomic E-state index is 0.323. The first-order chi connectivity index (χ1) is 10.2. The average Bonchev–Trinajstić information content (AvgIpc) is 2.50. The molecule has 3 aromatic rings. The molecule has 0 saturated heterocycles. The molecular weight excluding hydrogens is 265 g/mol. The quantitative estimate of drug-likeness (QED) is 0.718. The van der Waals surface area contributed by atoms with Gasteiger partial charge in [0.2, 0.25) is 0 Å². The Morgan fingerprint density at radius 2 is 1.95 bits per heavy atom. The zero-order valence-electron chi connectivity index (χ0n) is 11.5. The van der Waals surface area contributed by atoms with Crippen molar-refractivity contribution < 1.29 is 4.39 Å². The number of rotatable bonds is 4. The van der Waals surface area contributed by atoms with E-state index in [0.29, 0.717) is 12.2 Å². The topological polar surface area (TPSA) is 50.9 Å². The number of nitrogens with one attached hydrogen (secondary N) is 1. The van der Waals surface area contributed by atoms with Crippen molar-refractivity contribution in [3.8, 4) is 0 Å². The summed E-state index contributed by atoms with van der Waals surface area (Å²) in [6.45, 7) is 0.714. The van der Waals surface area contributed by atoms with E-state index in [0.717, 1.165) is 23.0 Å². The van der Waals surface area contributed by atoms with Crippen LogP contribution in [0.1, 0.15) is 5.56 Å². The fourth-order valence-electron chi connectivity index (χ4n) is 2.40. The highest BCUT2D eigenvalue weighted by molar-refractivity contribution is 5.81. The van der Waals surface area contributed by atoms with E-state index in [2.05, 4.69) is 28.5 Å². The maximum atomic E-state index is 13.0. The summed E-state index contributed by atoms with van der Waals surface area (Å²) in [5.74, 6) is -0.323. The Morgan fingerprint density at radius 1 is 1.10 bits per heavy atom. The Labute approximate surface area is 122 Å². The van der Waals surface area contributed by atoms with E-state index in [9.17, 15) is 4.39 Å². The Bertz CT molecular complexity index is 766. The van der Waals surface area contributed by atoms with Crippen LogP contribution < -0.4 is 11.1 Å². The van der Waals surface area contributed by atoms with Gasteiger partial charge in [0.1, 0.15) is 5.82 Å². The first-order valence-corrected chi connectivity index (χ1v) is 6.85. The predicted octanol–water partition coefficient (Wildman–Crippen LogP) is 3.61. The molecule has 106 valence electrons. The number of para-hydroxylation sites is 1. The number of hydrogen-bond donors (Lipinski definition) is 2. The average molecular weight is 281 g/mol. The lowest BCUT2D eigenvalue weighted by Crippen LogP contribution is -2.07. The molecule has 2 aromatic carbocycles. The first kappa shape index (κ1) is 13.4. The van der Waals surface area contributed by atoms with Gasteiger partial charge in [-0.05, 0) is 36.2 Å². The van der Waals surface area contributed by atoms with E-state index in [-0.39, 0.29) is 5.82 Å². The highest BCUT2D eigenvalue weighted by Gasteiger charge is 2.03. The molecule has 3 rings (SSSR count). The number of hydrogen-bond acceptors (Lipinski definition) is 3. The summed E-state index contributed by atoms with van der Waals surface area (Å²) in [5.41, 5.74) is 9.16. The second kappa shape index (κ2) is 5.79. The third-order valence-electron chi connectivity index (χ3n) is 3.44. The molecular formula is C17H16FN3. The molecule has 3 N–H and O–H groups in total. The fourth-order valence-corrected chi connectivity index (χ4v) is 2.40. The molecule has 0 aliphatic heterocycles. The number of benzene rings is 2. The summed E-state index contributed by atoms with van der Waals surface area (Å²) in [4.78, 5) is 4.43. The van der Waals surface area contributed by atoms with Gasteiger partial charge >= 0.3 is 0 Å². The van der Waals surface area contributed by atoms with Gasteiger partial charge in [0, 0.05) is 18.1 Å². The number of fused-ring (bicyclic) bond motifs is 1. The van der Waals surface area contributed by atoms with E-state index in [4.69, 9.17) is 5.73 Å². The molecule has 3 nitrogen and oxygen atoms in total. The molecule has 4 heteroatoms. The highest BCUT2D eigenvalue weighted by atomic mass is 19.1. The zero-order valence-corrected chi connectivity index (χ0v) is 11.5. The highest BCUT2D eigenvalue weighted by Crippen LogP contribution is 2.20. The maximum Gasteiger partial charge on any atom is 0.125 e. The van der Waals surface area contributed by atoms with Crippen molar-refractivity contribution in [2.45, 2.75) is 6.42 Å². The minimum Gasteiger partial charge on any atom is -0.397 e. The number of nitrogen functional groups attached to an aromatic ring is 1. The van der Waals surface area contributed by atoms with Crippen molar-refractivity contribution in [1.82, 2.24) is 4.98 Å². The van der Waals surface area contributed by atoms with E-state index >= 15 is 0 Å². The third kappa shape index (κ3) is 2.94. The normalized spacial score (nSPS) is 10.7. The summed E-state index contributed by atoms with van der Waals surface area (Å²) in [7, 11) is 0. The second-order valence-corrected chi connectivity index (χ2v) is 4.90. The van der Waals surface area contributed by atoms with Gasteiger partial charge in [-0.2, -0.15) is 0 Å². The van der Waals surface area contributed by atoms with E-state index < -0.39 is 0 Å². The molecule has 0 amide bonds. The number of nitrogens with two attached hydrogens (primary N) is 1. The summed E-state index contributed by atoms with van der Waals surface area (Å²) >= 11 is 0. The van der Waals surface area contributed by atoms with Crippen molar-refractivity contribution in [3.63, 3.8) is 0 Å². The van der Waals surface area contributed by atoms with Gasteiger partial charge in [0.05, 0.1) is 16.9 Å². The predicted molar refractivity (Wildman–Crippen MR) is 84.7 cm³/mol. The van der Waals surface area contributed by atoms with Gasteiger partial charge in [-0.1, -0.05) is 24.3 Å².